The third-order valence-corrected chi connectivity index (χ3v) is 6.50. The van der Waals surface area contributed by atoms with Gasteiger partial charge >= 0.3 is 0 Å². The topological polar surface area (TPSA) is 86.7 Å². The fourth-order valence-corrected chi connectivity index (χ4v) is 5.32. The van der Waals surface area contributed by atoms with Crippen LogP contribution in [0.3, 0.4) is 0 Å². The summed E-state index contributed by atoms with van der Waals surface area (Å²) in [6, 6.07) is 18.9. The van der Waals surface area contributed by atoms with Crippen molar-refractivity contribution in [3.8, 4) is 0 Å². The van der Waals surface area contributed by atoms with Gasteiger partial charge in [0.1, 0.15) is 0 Å². The van der Waals surface area contributed by atoms with Crippen molar-refractivity contribution in [1.82, 2.24) is 5.48 Å². The minimum Gasteiger partial charge on any atom is -0.289 e. The van der Waals surface area contributed by atoms with Crippen molar-refractivity contribution >= 4 is 32.4 Å². The number of carbonyl (C=O) groups is 1. The van der Waals surface area contributed by atoms with Crippen LogP contribution in [-0.4, -0.2) is 19.5 Å². The Hall–Kier alpha value is -2.90. The number of fused-ring (bicyclic) bond motifs is 2. The minimum absolute atomic E-state index is 0.181. The number of sulfonamides is 1. The summed E-state index contributed by atoms with van der Waals surface area (Å²) in [6.07, 6.45) is -0.181. The molecule has 3 aromatic carbocycles. The molecule has 1 unspecified atom stereocenters. The lowest BCUT2D eigenvalue weighted by molar-refractivity contribution is -0.129. The summed E-state index contributed by atoms with van der Waals surface area (Å²) in [4.78, 5) is 12.0. The van der Waals surface area contributed by atoms with Crippen LogP contribution in [0, 0.1) is 0 Å². The molecule has 26 heavy (non-hydrogen) atoms. The van der Waals surface area contributed by atoms with Gasteiger partial charge in [-0.3, -0.25) is 14.3 Å². The first-order valence-electron chi connectivity index (χ1n) is 8.07. The van der Waals surface area contributed by atoms with E-state index in [-0.39, 0.29) is 11.3 Å². The zero-order valence-electron chi connectivity index (χ0n) is 13.7. The highest BCUT2D eigenvalue weighted by Gasteiger charge is 2.43. The Bertz CT molecular complexity index is 1110. The first kappa shape index (κ1) is 16.6. The molecule has 1 atom stereocenters. The fraction of sp³-hybridized carbons (Fsp3) is 0.105. The van der Waals surface area contributed by atoms with Crippen molar-refractivity contribution in [1.29, 1.82) is 0 Å². The highest BCUT2D eigenvalue weighted by Crippen LogP contribution is 2.44. The molecule has 3 aromatic rings. The number of carbonyl (C=O) groups excluding carboxylic acids is 1. The van der Waals surface area contributed by atoms with Crippen LogP contribution >= 0.6 is 0 Å². The monoisotopic (exact) mass is 368 g/mol. The number of amides is 1. The van der Waals surface area contributed by atoms with Gasteiger partial charge in [0.05, 0.1) is 23.0 Å². The lowest BCUT2D eigenvalue weighted by atomic mass is 10.0. The number of hydrogen-bond donors (Lipinski definition) is 2. The molecule has 7 heteroatoms. The van der Waals surface area contributed by atoms with Gasteiger partial charge in [-0.2, -0.15) is 0 Å². The average molecular weight is 368 g/mol. The number of nitrogens with zero attached hydrogens (tertiary/aromatic N) is 1. The summed E-state index contributed by atoms with van der Waals surface area (Å²) in [5.41, 5.74) is 2.62. The van der Waals surface area contributed by atoms with Crippen molar-refractivity contribution in [3.05, 3.63) is 72.3 Å². The van der Waals surface area contributed by atoms with E-state index in [2.05, 4.69) is 0 Å². The van der Waals surface area contributed by atoms with Crippen LogP contribution in [0.2, 0.25) is 0 Å². The summed E-state index contributed by atoms with van der Waals surface area (Å²) in [5, 5.41) is 10.8. The molecular weight excluding hydrogens is 352 g/mol. The lowest BCUT2D eigenvalue weighted by Crippen LogP contribution is -2.32. The highest BCUT2D eigenvalue weighted by atomic mass is 32.2. The normalized spacial score (nSPS) is 17.9. The van der Waals surface area contributed by atoms with E-state index < -0.39 is 22.0 Å². The van der Waals surface area contributed by atoms with Gasteiger partial charge in [-0.25, -0.2) is 13.9 Å². The molecule has 1 amide bonds. The van der Waals surface area contributed by atoms with Crippen molar-refractivity contribution < 1.29 is 18.4 Å². The lowest BCUT2D eigenvalue weighted by Gasteiger charge is -2.25. The molecule has 0 saturated heterocycles. The second-order valence-corrected chi connectivity index (χ2v) is 7.91. The predicted molar refractivity (Wildman–Crippen MR) is 97.3 cm³/mol. The maximum Gasteiger partial charge on any atom is 0.265 e. The van der Waals surface area contributed by atoms with Gasteiger partial charge in [-0.1, -0.05) is 48.5 Å². The van der Waals surface area contributed by atoms with Crippen molar-refractivity contribution in [2.45, 2.75) is 17.4 Å². The summed E-state index contributed by atoms with van der Waals surface area (Å²) >= 11 is 0. The van der Waals surface area contributed by atoms with Gasteiger partial charge in [0.15, 0.2) is 0 Å². The molecule has 6 nitrogen and oxygen atoms in total. The SMILES string of the molecule is O=C(CC1c2ccccc2S(=O)(=O)N1c1ccc2ccccc2c1)NO. The van der Waals surface area contributed by atoms with Gasteiger partial charge in [0.2, 0.25) is 5.91 Å². The summed E-state index contributed by atoms with van der Waals surface area (Å²) in [5.74, 6) is -0.646. The van der Waals surface area contributed by atoms with E-state index in [4.69, 9.17) is 5.21 Å². The second-order valence-electron chi connectivity index (χ2n) is 6.13. The fourth-order valence-electron chi connectivity index (χ4n) is 3.44. The van der Waals surface area contributed by atoms with Crippen molar-refractivity contribution in [3.63, 3.8) is 0 Å². The third-order valence-electron chi connectivity index (χ3n) is 4.59. The number of hydroxylamine groups is 1. The van der Waals surface area contributed by atoms with Crippen molar-refractivity contribution in [2.75, 3.05) is 4.31 Å². The Morgan fingerprint density at radius 1 is 1.00 bits per heavy atom. The summed E-state index contributed by atoms with van der Waals surface area (Å²) in [6.45, 7) is 0. The molecule has 1 aliphatic heterocycles. The van der Waals surface area contributed by atoms with E-state index in [0.29, 0.717) is 11.3 Å². The maximum atomic E-state index is 13.1. The molecule has 132 valence electrons. The molecule has 0 radical (unpaired) electrons. The van der Waals surface area contributed by atoms with E-state index in [9.17, 15) is 13.2 Å². The molecule has 0 bridgehead atoms. The van der Waals surface area contributed by atoms with Crippen LogP contribution in [-0.2, 0) is 14.8 Å². The largest absolute Gasteiger partial charge is 0.289 e. The highest BCUT2D eigenvalue weighted by molar-refractivity contribution is 7.93. The van der Waals surface area contributed by atoms with Gasteiger partial charge < -0.3 is 0 Å². The zero-order chi connectivity index (χ0) is 18.3. The van der Waals surface area contributed by atoms with Crippen LogP contribution in [0.1, 0.15) is 18.0 Å². The number of hydrogen-bond acceptors (Lipinski definition) is 4. The van der Waals surface area contributed by atoms with E-state index >= 15 is 0 Å². The van der Waals surface area contributed by atoms with Crippen molar-refractivity contribution in [2.24, 2.45) is 0 Å². The quantitative estimate of drug-likeness (QED) is 0.550. The molecular formula is C19H16N2O4S. The van der Waals surface area contributed by atoms with Gasteiger partial charge in [0.25, 0.3) is 10.0 Å². The molecule has 0 spiro atoms. The van der Waals surface area contributed by atoms with Gasteiger partial charge in [-0.15, -0.1) is 0 Å². The first-order chi connectivity index (χ1) is 12.5. The molecule has 0 saturated carbocycles. The van der Waals surface area contributed by atoms with Crippen LogP contribution < -0.4 is 9.79 Å². The van der Waals surface area contributed by atoms with E-state index in [0.717, 1.165) is 10.8 Å². The third kappa shape index (κ3) is 2.53. The Kier molecular flexibility index (Phi) is 3.90. The standard InChI is InChI=1S/C19H16N2O4S/c22-19(20-23)12-17-16-7-3-4-8-18(16)26(24,25)21(17)15-10-9-13-5-1-2-6-14(13)11-15/h1-11,17,23H,12H2,(H,20,22). The van der Waals surface area contributed by atoms with E-state index in [1.165, 1.54) is 10.4 Å². The predicted octanol–water partition coefficient (Wildman–Crippen LogP) is 2.99. The molecule has 1 heterocycles. The van der Waals surface area contributed by atoms with E-state index in [1.807, 2.05) is 30.3 Å². The number of benzene rings is 3. The summed E-state index contributed by atoms with van der Waals surface area (Å²) < 4.78 is 27.5. The number of rotatable bonds is 3. The Labute approximate surface area is 150 Å². The Balaban J connectivity index is 1.90. The molecule has 0 aliphatic carbocycles. The van der Waals surface area contributed by atoms with Crippen LogP contribution in [0.15, 0.2) is 71.6 Å². The molecule has 0 aromatic heterocycles. The average Bonchev–Trinajstić information content (AvgIpc) is 2.88. The molecule has 0 fully saturated rings. The smallest absolute Gasteiger partial charge is 0.265 e. The number of nitrogens with one attached hydrogen (secondary N) is 1. The van der Waals surface area contributed by atoms with Crippen LogP contribution in [0.5, 0.6) is 0 Å². The minimum atomic E-state index is -3.80. The zero-order valence-corrected chi connectivity index (χ0v) is 14.5. The van der Waals surface area contributed by atoms with Crippen LogP contribution in [0.4, 0.5) is 5.69 Å². The van der Waals surface area contributed by atoms with E-state index in [1.54, 1.807) is 35.8 Å². The Morgan fingerprint density at radius 3 is 2.46 bits per heavy atom. The molecule has 2 N–H and O–H groups in total. The molecule has 1 aliphatic rings. The Morgan fingerprint density at radius 2 is 1.69 bits per heavy atom. The first-order valence-corrected chi connectivity index (χ1v) is 9.51. The van der Waals surface area contributed by atoms with Crippen LogP contribution in [0.25, 0.3) is 10.8 Å². The number of anilines is 1. The summed E-state index contributed by atoms with van der Waals surface area (Å²) in [7, 11) is -3.80. The maximum absolute atomic E-state index is 13.1. The van der Waals surface area contributed by atoms with Gasteiger partial charge in [-0.05, 0) is 34.5 Å². The molecule has 4 rings (SSSR count). The second kappa shape index (κ2) is 6.12. The van der Waals surface area contributed by atoms with Gasteiger partial charge in [0, 0.05) is 0 Å².